The van der Waals surface area contributed by atoms with Gasteiger partial charge in [0.25, 0.3) is 5.91 Å². The summed E-state index contributed by atoms with van der Waals surface area (Å²) in [6, 6.07) is 14.6. The Bertz CT molecular complexity index is 889. The van der Waals surface area contributed by atoms with Crippen LogP contribution in [-0.4, -0.2) is 25.1 Å². The van der Waals surface area contributed by atoms with Crippen LogP contribution in [0.1, 0.15) is 16.1 Å². The van der Waals surface area contributed by atoms with E-state index in [1.54, 1.807) is 38.5 Å². The number of hydrogen-bond acceptors (Lipinski definition) is 4. The van der Waals surface area contributed by atoms with Gasteiger partial charge in [0.1, 0.15) is 11.5 Å². The Kier molecular flexibility index (Phi) is 4.33. The van der Waals surface area contributed by atoms with Crippen molar-refractivity contribution in [2.75, 3.05) is 19.5 Å². The van der Waals surface area contributed by atoms with E-state index in [9.17, 15) is 4.79 Å². The van der Waals surface area contributed by atoms with Crippen LogP contribution in [0.3, 0.4) is 0 Å². The van der Waals surface area contributed by atoms with E-state index >= 15 is 0 Å². The van der Waals surface area contributed by atoms with E-state index in [4.69, 9.17) is 9.47 Å². The highest BCUT2D eigenvalue weighted by Gasteiger charge is 2.12. The second-order valence-corrected chi connectivity index (χ2v) is 5.36. The molecule has 5 nitrogen and oxygen atoms in total. The van der Waals surface area contributed by atoms with E-state index in [0.29, 0.717) is 16.9 Å². The lowest BCUT2D eigenvalue weighted by Gasteiger charge is -2.10. The topological polar surface area (TPSA) is 60.5 Å². The van der Waals surface area contributed by atoms with Crippen LogP contribution in [0.5, 0.6) is 11.5 Å². The molecule has 0 radical (unpaired) electrons. The third kappa shape index (κ3) is 3.15. The maximum atomic E-state index is 12.6. The second-order valence-electron chi connectivity index (χ2n) is 5.36. The van der Waals surface area contributed by atoms with Gasteiger partial charge in [0.15, 0.2) is 0 Å². The minimum absolute atomic E-state index is 0.199. The molecule has 1 heterocycles. The van der Waals surface area contributed by atoms with Gasteiger partial charge in [0, 0.05) is 11.1 Å². The highest BCUT2D eigenvalue weighted by Crippen LogP contribution is 2.23. The van der Waals surface area contributed by atoms with Gasteiger partial charge in [0.05, 0.1) is 31.0 Å². The summed E-state index contributed by atoms with van der Waals surface area (Å²) in [6.07, 6.45) is 0. The Balaban J connectivity index is 1.91. The molecule has 122 valence electrons. The molecule has 3 aromatic rings. The lowest BCUT2D eigenvalue weighted by atomic mass is 10.1. The fourth-order valence-corrected chi connectivity index (χ4v) is 2.48. The number of rotatable bonds is 4. The summed E-state index contributed by atoms with van der Waals surface area (Å²) in [5.74, 6) is 1.27. The average molecular weight is 322 g/mol. The summed E-state index contributed by atoms with van der Waals surface area (Å²) in [6.45, 7) is 1.83. The van der Waals surface area contributed by atoms with Crippen molar-refractivity contribution < 1.29 is 14.3 Å². The highest BCUT2D eigenvalue weighted by atomic mass is 16.5. The molecule has 1 amide bonds. The van der Waals surface area contributed by atoms with Crippen LogP contribution in [0.4, 0.5) is 5.69 Å². The molecule has 1 aromatic heterocycles. The van der Waals surface area contributed by atoms with E-state index in [1.807, 2.05) is 31.2 Å². The number of methoxy groups -OCH3 is 2. The highest BCUT2D eigenvalue weighted by molar-refractivity contribution is 6.06. The van der Waals surface area contributed by atoms with Crippen molar-refractivity contribution >= 4 is 22.5 Å². The smallest absolute Gasteiger partial charge is 0.257 e. The lowest BCUT2D eigenvalue weighted by molar-refractivity contribution is 0.102. The van der Waals surface area contributed by atoms with Crippen molar-refractivity contribution in [2.24, 2.45) is 0 Å². The summed E-state index contributed by atoms with van der Waals surface area (Å²) in [5.41, 5.74) is 2.74. The van der Waals surface area contributed by atoms with Crippen LogP contribution in [0.15, 0.2) is 48.5 Å². The molecule has 0 aliphatic carbocycles. The van der Waals surface area contributed by atoms with Gasteiger partial charge in [-0.2, -0.15) is 0 Å². The van der Waals surface area contributed by atoms with Gasteiger partial charge >= 0.3 is 0 Å². The number of benzene rings is 2. The van der Waals surface area contributed by atoms with E-state index in [1.165, 1.54) is 0 Å². The second kappa shape index (κ2) is 6.58. The molecule has 0 spiro atoms. The number of carbonyl (C=O) groups is 1. The van der Waals surface area contributed by atoms with Crippen molar-refractivity contribution in [3.05, 3.63) is 59.8 Å². The summed E-state index contributed by atoms with van der Waals surface area (Å²) >= 11 is 0. The lowest BCUT2D eigenvalue weighted by Crippen LogP contribution is -2.14. The quantitative estimate of drug-likeness (QED) is 0.793. The number of anilines is 1. The minimum atomic E-state index is -0.199. The maximum absolute atomic E-state index is 12.6. The fraction of sp³-hybridized carbons (Fsp3) is 0.158. The zero-order chi connectivity index (χ0) is 17.1. The molecule has 0 bridgehead atoms. The molecule has 5 heteroatoms. The first kappa shape index (κ1) is 15.8. The normalized spacial score (nSPS) is 10.5. The molecule has 3 rings (SSSR count). The fourth-order valence-electron chi connectivity index (χ4n) is 2.48. The minimum Gasteiger partial charge on any atom is -0.497 e. The summed E-state index contributed by atoms with van der Waals surface area (Å²) < 4.78 is 10.3. The van der Waals surface area contributed by atoms with Crippen molar-refractivity contribution in [1.82, 2.24) is 4.98 Å². The summed E-state index contributed by atoms with van der Waals surface area (Å²) in [4.78, 5) is 17.1. The van der Waals surface area contributed by atoms with Gasteiger partial charge in [-0.1, -0.05) is 0 Å². The molecule has 0 saturated carbocycles. The molecular formula is C19H18N2O3. The molecule has 24 heavy (non-hydrogen) atoms. The molecular weight excluding hydrogens is 304 g/mol. The van der Waals surface area contributed by atoms with Crippen LogP contribution in [0.2, 0.25) is 0 Å². The Morgan fingerprint density at radius 1 is 0.958 bits per heavy atom. The van der Waals surface area contributed by atoms with Crippen molar-refractivity contribution in [3.8, 4) is 11.5 Å². The standard InChI is InChI=1S/C19H18N2O3/c1-12-17(11-13-10-16(24-3)8-9-18(13)20-12)19(22)21-14-4-6-15(23-2)7-5-14/h4-11H,1-3H3,(H,21,22). The number of aromatic nitrogens is 1. The number of ether oxygens (including phenoxy) is 2. The molecule has 0 aliphatic heterocycles. The summed E-state index contributed by atoms with van der Waals surface area (Å²) in [7, 11) is 3.21. The molecule has 0 fully saturated rings. The van der Waals surface area contributed by atoms with Crippen LogP contribution < -0.4 is 14.8 Å². The van der Waals surface area contributed by atoms with Crippen molar-refractivity contribution in [2.45, 2.75) is 6.92 Å². The number of amides is 1. The first-order valence-electron chi connectivity index (χ1n) is 7.51. The Morgan fingerprint density at radius 2 is 1.62 bits per heavy atom. The molecule has 0 saturated heterocycles. The number of aryl methyl sites for hydroxylation is 1. The molecule has 0 unspecified atom stereocenters. The average Bonchev–Trinajstić information content (AvgIpc) is 2.61. The van der Waals surface area contributed by atoms with Crippen LogP contribution in [-0.2, 0) is 0 Å². The predicted octanol–water partition coefficient (Wildman–Crippen LogP) is 3.81. The third-order valence-corrected chi connectivity index (χ3v) is 3.80. The van der Waals surface area contributed by atoms with Crippen molar-refractivity contribution in [1.29, 1.82) is 0 Å². The van der Waals surface area contributed by atoms with Gasteiger partial charge in [-0.3, -0.25) is 9.78 Å². The SMILES string of the molecule is COc1ccc(NC(=O)c2cc3cc(OC)ccc3nc2C)cc1. The van der Waals surface area contributed by atoms with Crippen LogP contribution in [0.25, 0.3) is 10.9 Å². The first-order chi connectivity index (χ1) is 11.6. The van der Waals surface area contributed by atoms with Gasteiger partial charge < -0.3 is 14.8 Å². The number of pyridine rings is 1. The van der Waals surface area contributed by atoms with E-state index in [-0.39, 0.29) is 5.91 Å². The third-order valence-electron chi connectivity index (χ3n) is 3.80. The number of nitrogens with one attached hydrogen (secondary N) is 1. The number of hydrogen-bond donors (Lipinski definition) is 1. The number of nitrogens with zero attached hydrogens (tertiary/aromatic N) is 1. The number of fused-ring (bicyclic) bond motifs is 1. The monoisotopic (exact) mass is 322 g/mol. The predicted molar refractivity (Wildman–Crippen MR) is 94.0 cm³/mol. The van der Waals surface area contributed by atoms with Crippen LogP contribution >= 0.6 is 0 Å². The van der Waals surface area contributed by atoms with Gasteiger partial charge in [0.2, 0.25) is 0 Å². The van der Waals surface area contributed by atoms with Gasteiger partial charge in [-0.15, -0.1) is 0 Å². The zero-order valence-electron chi connectivity index (χ0n) is 13.8. The van der Waals surface area contributed by atoms with E-state index in [2.05, 4.69) is 10.3 Å². The molecule has 0 atom stereocenters. The van der Waals surface area contributed by atoms with Crippen LogP contribution in [0, 0.1) is 6.92 Å². The van der Waals surface area contributed by atoms with E-state index < -0.39 is 0 Å². The van der Waals surface area contributed by atoms with Gasteiger partial charge in [-0.25, -0.2) is 0 Å². The van der Waals surface area contributed by atoms with Crippen molar-refractivity contribution in [3.63, 3.8) is 0 Å². The zero-order valence-corrected chi connectivity index (χ0v) is 13.8. The molecule has 0 aliphatic rings. The summed E-state index contributed by atoms with van der Waals surface area (Å²) in [5, 5.41) is 3.74. The molecule has 2 aromatic carbocycles. The first-order valence-corrected chi connectivity index (χ1v) is 7.51. The maximum Gasteiger partial charge on any atom is 0.257 e. The Labute approximate surface area is 140 Å². The van der Waals surface area contributed by atoms with E-state index in [0.717, 1.165) is 22.4 Å². The Hall–Kier alpha value is -3.08. The largest absolute Gasteiger partial charge is 0.497 e. The molecule has 1 N–H and O–H groups in total. The number of carbonyl (C=O) groups excluding carboxylic acids is 1. The Morgan fingerprint density at radius 3 is 2.29 bits per heavy atom. The van der Waals surface area contributed by atoms with Gasteiger partial charge in [-0.05, 0) is 55.5 Å².